The van der Waals surface area contributed by atoms with E-state index in [-0.39, 0.29) is 11.9 Å². The quantitative estimate of drug-likeness (QED) is 0.868. The van der Waals surface area contributed by atoms with Crippen LogP contribution in [-0.4, -0.2) is 27.4 Å². The third kappa shape index (κ3) is 2.65. The molecule has 0 aliphatic carbocycles. The molecule has 1 amide bonds. The maximum atomic E-state index is 12.8. The van der Waals surface area contributed by atoms with Crippen molar-refractivity contribution in [1.29, 1.82) is 0 Å². The number of carbonyl (C=O) groups is 1. The predicted molar refractivity (Wildman–Crippen MR) is 86.7 cm³/mol. The minimum atomic E-state index is 0.00412. The van der Waals surface area contributed by atoms with Gasteiger partial charge >= 0.3 is 0 Å². The van der Waals surface area contributed by atoms with Gasteiger partial charge in [-0.15, -0.1) is 0 Å². The SMILES string of the molecule is CC(C)C(c1ccccc1)N(C)C(=O)c1cn2c(n1)CCC2. The van der Waals surface area contributed by atoms with Gasteiger partial charge in [0.05, 0.1) is 6.04 Å². The first-order valence-electron chi connectivity index (χ1n) is 7.96. The molecule has 0 fully saturated rings. The third-order valence-electron chi connectivity index (χ3n) is 4.39. The molecule has 0 spiro atoms. The summed E-state index contributed by atoms with van der Waals surface area (Å²) in [7, 11) is 1.88. The van der Waals surface area contributed by atoms with Crippen LogP contribution in [0.3, 0.4) is 0 Å². The molecule has 1 aromatic heterocycles. The largest absolute Gasteiger partial charge is 0.334 e. The van der Waals surface area contributed by atoms with Gasteiger partial charge in [0.1, 0.15) is 11.5 Å². The van der Waals surface area contributed by atoms with Crippen molar-refractivity contribution in [3.8, 4) is 0 Å². The third-order valence-corrected chi connectivity index (χ3v) is 4.39. The first kappa shape index (κ1) is 14.8. The topological polar surface area (TPSA) is 38.1 Å². The van der Waals surface area contributed by atoms with Crippen molar-refractivity contribution < 1.29 is 4.79 Å². The summed E-state index contributed by atoms with van der Waals surface area (Å²) in [5, 5.41) is 0. The number of hydrogen-bond donors (Lipinski definition) is 0. The van der Waals surface area contributed by atoms with Crippen molar-refractivity contribution in [1.82, 2.24) is 14.5 Å². The molecule has 2 aromatic rings. The Hall–Kier alpha value is -2.10. The highest BCUT2D eigenvalue weighted by atomic mass is 16.2. The summed E-state index contributed by atoms with van der Waals surface area (Å²) in [4.78, 5) is 19.2. The molecule has 0 bridgehead atoms. The second-order valence-corrected chi connectivity index (χ2v) is 6.35. The molecular formula is C18H23N3O. The Labute approximate surface area is 131 Å². The molecule has 0 saturated heterocycles. The highest BCUT2D eigenvalue weighted by molar-refractivity contribution is 5.92. The van der Waals surface area contributed by atoms with E-state index >= 15 is 0 Å². The first-order chi connectivity index (χ1) is 10.6. The number of nitrogens with zero attached hydrogens (tertiary/aromatic N) is 3. The van der Waals surface area contributed by atoms with E-state index in [0.717, 1.165) is 25.2 Å². The fourth-order valence-corrected chi connectivity index (χ4v) is 3.37. The fraction of sp³-hybridized carbons (Fsp3) is 0.444. The summed E-state index contributed by atoms with van der Waals surface area (Å²) in [5.74, 6) is 1.38. The Morgan fingerprint density at radius 2 is 2.00 bits per heavy atom. The first-order valence-corrected chi connectivity index (χ1v) is 7.96. The molecule has 2 heterocycles. The molecule has 1 aromatic carbocycles. The molecule has 4 nitrogen and oxygen atoms in total. The minimum Gasteiger partial charge on any atom is -0.334 e. The van der Waals surface area contributed by atoms with Crippen LogP contribution in [0, 0.1) is 5.92 Å². The van der Waals surface area contributed by atoms with Crippen LogP contribution in [0.4, 0.5) is 0 Å². The van der Waals surface area contributed by atoms with Crippen molar-refractivity contribution in [3.63, 3.8) is 0 Å². The number of aromatic nitrogens is 2. The van der Waals surface area contributed by atoms with Crippen LogP contribution in [-0.2, 0) is 13.0 Å². The Balaban J connectivity index is 1.86. The van der Waals surface area contributed by atoms with E-state index in [1.165, 1.54) is 5.56 Å². The molecule has 0 N–H and O–H groups in total. The van der Waals surface area contributed by atoms with Gasteiger partial charge < -0.3 is 9.47 Å². The zero-order valence-corrected chi connectivity index (χ0v) is 13.5. The number of aryl methyl sites for hydroxylation is 2. The van der Waals surface area contributed by atoms with Crippen molar-refractivity contribution >= 4 is 5.91 Å². The van der Waals surface area contributed by atoms with Gasteiger partial charge in [0, 0.05) is 26.2 Å². The molecule has 0 saturated carbocycles. The number of rotatable bonds is 4. The highest BCUT2D eigenvalue weighted by Crippen LogP contribution is 2.28. The van der Waals surface area contributed by atoms with E-state index in [9.17, 15) is 4.79 Å². The maximum absolute atomic E-state index is 12.8. The van der Waals surface area contributed by atoms with Crippen LogP contribution in [0.15, 0.2) is 36.5 Å². The summed E-state index contributed by atoms with van der Waals surface area (Å²) >= 11 is 0. The summed E-state index contributed by atoms with van der Waals surface area (Å²) in [5.41, 5.74) is 1.74. The number of amides is 1. The molecule has 1 unspecified atom stereocenters. The van der Waals surface area contributed by atoms with Crippen molar-refractivity contribution in [2.45, 2.75) is 39.3 Å². The van der Waals surface area contributed by atoms with E-state index in [4.69, 9.17) is 0 Å². The Kier molecular flexibility index (Phi) is 4.01. The lowest BCUT2D eigenvalue weighted by molar-refractivity contribution is 0.0681. The van der Waals surface area contributed by atoms with Crippen LogP contribution >= 0.6 is 0 Å². The predicted octanol–water partition coefficient (Wildman–Crippen LogP) is 3.30. The lowest BCUT2D eigenvalue weighted by Gasteiger charge is -2.31. The second kappa shape index (κ2) is 5.95. The summed E-state index contributed by atoms with van der Waals surface area (Å²) in [6.45, 7) is 5.27. The van der Waals surface area contributed by atoms with Gasteiger partial charge in [-0.3, -0.25) is 4.79 Å². The Morgan fingerprint density at radius 3 is 2.64 bits per heavy atom. The molecular weight excluding hydrogens is 274 g/mol. The number of hydrogen-bond acceptors (Lipinski definition) is 2. The number of benzene rings is 1. The van der Waals surface area contributed by atoms with Crippen molar-refractivity contribution in [2.24, 2.45) is 5.92 Å². The smallest absolute Gasteiger partial charge is 0.274 e. The van der Waals surface area contributed by atoms with Crippen LogP contribution in [0.2, 0.25) is 0 Å². The van der Waals surface area contributed by atoms with E-state index < -0.39 is 0 Å². The van der Waals surface area contributed by atoms with E-state index in [1.54, 1.807) is 0 Å². The summed E-state index contributed by atoms with van der Waals surface area (Å²) in [6, 6.07) is 10.3. The average molecular weight is 297 g/mol. The molecule has 0 radical (unpaired) electrons. The lowest BCUT2D eigenvalue weighted by atomic mass is 9.94. The van der Waals surface area contributed by atoms with Crippen LogP contribution < -0.4 is 0 Å². The van der Waals surface area contributed by atoms with E-state index in [2.05, 4.69) is 35.5 Å². The summed E-state index contributed by atoms with van der Waals surface area (Å²) in [6.07, 6.45) is 4.01. The standard InChI is InChI=1S/C18H23N3O/c1-13(2)17(14-8-5-4-6-9-14)20(3)18(22)15-12-21-11-7-10-16(21)19-15/h4-6,8-9,12-13,17H,7,10-11H2,1-3H3. The molecule has 1 aliphatic heterocycles. The van der Waals surface area contributed by atoms with Gasteiger partial charge in [0.25, 0.3) is 5.91 Å². The van der Waals surface area contributed by atoms with Crippen LogP contribution in [0.25, 0.3) is 0 Å². The Morgan fingerprint density at radius 1 is 1.27 bits per heavy atom. The number of carbonyl (C=O) groups excluding carboxylic acids is 1. The van der Waals surface area contributed by atoms with Gasteiger partial charge in [0.15, 0.2) is 0 Å². The number of imidazole rings is 1. The molecule has 1 atom stereocenters. The normalized spacial score (nSPS) is 14.9. The Bertz CT molecular complexity index is 639. The van der Waals surface area contributed by atoms with Crippen LogP contribution in [0.1, 0.15) is 48.2 Å². The molecule has 3 rings (SSSR count). The van der Waals surface area contributed by atoms with Gasteiger partial charge in [-0.25, -0.2) is 4.98 Å². The zero-order valence-electron chi connectivity index (χ0n) is 13.5. The van der Waals surface area contributed by atoms with Gasteiger partial charge in [-0.1, -0.05) is 44.2 Å². The lowest BCUT2D eigenvalue weighted by Crippen LogP contribution is -2.34. The highest BCUT2D eigenvalue weighted by Gasteiger charge is 2.28. The van der Waals surface area contributed by atoms with Crippen molar-refractivity contribution in [3.05, 3.63) is 53.6 Å². The monoisotopic (exact) mass is 297 g/mol. The van der Waals surface area contributed by atoms with Gasteiger partial charge in [0.2, 0.25) is 0 Å². The maximum Gasteiger partial charge on any atom is 0.274 e. The molecule has 4 heteroatoms. The zero-order chi connectivity index (χ0) is 15.7. The second-order valence-electron chi connectivity index (χ2n) is 6.35. The molecule has 116 valence electrons. The van der Waals surface area contributed by atoms with Crippen LogP contribution in [0.5, 0.6) is 0 Å². The average Bonchev–Trinajstić information content (AvgIpc) is 3.08. The summed E-state index contributed by atoms with van der Waals surface area (Å²) < 4.78 is 2.11. The molecule has 22 heavy (non-hydrogen) atoms. The van der Waals surface area contributed by atoms with E-state index in [1.807, 2.05) is 36.3 Å². The van der Waals surface area contributed by atoms with Gasteiger partial charge in [-0.2, -0.15) is 0 Å². The van der Waals surface area contributed by atoms with Crippen molar-refractivity contribution in [2.75, 3.05) is 7.05 Å². The fourth-order valence-electron chi connectivity index (χ4n) is 3.37. The minimum absolute atomic E-state index is 0.00412. The van der Waals surface area contributed by atoms with Gasteiger partial charge in [-0.05, 0) is 17.9 Å². The molecule has 1 aliphatic rings. The van der Waals surface area contributed by atoms with E-state index in [0.29, 0.717) is 11.6 Å². The number of fused-ring (bicyclic) bond motifs is 1.